The van der Waals surface area contributed by atoms with Gasteiger partial charge in [0.15, 0.2) is 0 Å². The average Bonchev–Trinajstić information content (AvgIpc) is 2.65. The molecule has 3 N–H and O–H groups in total. The summed E-state index contributed by atoms with van der Waals surface area (Å²) in [4.78, 5) is 4.06. The molecule has 2 heterocycles. The number of hydrogen-bond acceptors (Lipinski definition) is 5. The van der Waals surface area contributed by atoms with Crippen LogP contribution in [-0.4, -0.2) is 82.2 Å². The molecule has 0 aliphatic carbocycles. The van der Waals surface area contributed by atoms with Crippen molar-refractivity contribution in [2.75, 3.05) is 26.7 Å². The molecule has 5 nitrogen and oxygen atoms in total. The number of hydrogen-bond donors (Lipinski definition) is 3. The zero-order valence-corrected chi connectivity index (χ0v) is 10.2. The Morgan fingerprint density at radius 1 is 1.35 bits per heavy atom. The van der Waals surface area contributed by atoms with Crippen molar-refractivity contribution in [1.82, 2.24) is 9.80 Å². The Hall–Kier alpha value is -0.460. The van der Waals surface area contributed by atoms with E-state index in [9.17, 15) is 15.3 Å². The molecule has 2 fully saturated rings. The molecule has 0 aromatic carbocycles. The topological polar surface area (TPSA) is 67.2 Å². The van der Waals surface area contributed by atoms with E-state index in [1.165, 1.54) is 0 Å². The molecule has 17 heavy (non-hydrogen) atoms. The van der Waals surface area contributed by atoms with E-state index in [0.717, 1.165) is 6.54 Å². The Labute approximate surface area is 102 Å². The van der Waals surface area contributed by atoms with Crippen LogP contribution in [0.5, 0.6) is 0 Å². The summed E-state index contributed by atoms with van der Waals surface area (Å²) in [6.07, 6.45) is 0.244. The molecule has 2 rings (SSSR count). The molecule has 0 radical (unpaired) electrons. The fourth-order valence-electron chi connectivity index (χ4n) is 3.03. The molecular weight excluding hydrogens is 220 g/mol. The van der Waals surface area contributed by atoms with Gasteiger partial charge in [-0.05, 0) is 13.5 Å². The van der Waals surface area contributed by atoms with Crippen molar-refractivity contribution in [2.24, 2.45) is 0 Å². The van der Waals surface area contributed by atoms with E-state index >= 15 is 0 Å². The molecule has 0 saturated carbocycles. The van der Waals surface area contributed by atoms with Crippen molar-refractivity contribution in [1.29, 1.82) is 0 Å². The molecule has 2 aliphatic rings. The lowest BCUT2D eigenvalue weighted by Gasteiger charge is -2.45. The zero-order valence-electron chi connectivity index (χ0n) is 10.2. The van der Waals surface area contributed by atoms with Crippen LogP contribution in [0.25, 0.3) is 0 Å². The summed E-state index contributed by atoms with van der Waals surface area (Å²) >= 11 is 0. The summed E-state index contributed by atoms with van der Waals surface area (Å²) in [5.74, 6) is 0. The second kappa shape index (κ2) is 5.04. The van der Waals surface area contributed by atoms with E-state index in [1.54, 1.807) is 6.08 Å². The third-order valence-electron chi connectivity index (χ3n) is 4.03. The third kappa shape index (κ3) is 2.26. The van der Waals surface area contributed by atoms with Gasteiger partial charge in [-0.3, -0.25) is 9.80 Å². The van der Waals surface area contributed by atoms with E-state index in [1.807, 2.05) is 11.9 Å². The van der Waals surface area contributed by atoms with Crippen molar-refractivity contribution in [2.45, 2.75) is 36.8 Å². The molecule has 5 atom stereocenters. The van der Waals surface area contributed by atoms with Gasteiger partial charge in [0.1, 0.15) is 0 Å². The number of piperidine rings is 1. The molecule has 0 aromatic heterocycles. The van der Waals surface area contributed by atoms with Crippen molar-refractivity contribution in [3.05, 3.63) is 12.7 Å². The van der Waals surface area contributed by atoms with Crippen molar-refractivity contribution >= 4 is 0 Å². The summed E-state index contributed by atoms with van der Waals surface area (Å²) < 4.78 is 0. The highest BCUT2D eigenvalue weighted by Crippen LogP contribution is 2.29. The van der Waals surface area contributed by atoms with Crippen LogP contribution in [0.3, 0.4) is 0 Å². The Bertz CT molecular complexity index is 287. The number of fused-ring (bicyclic) bond motifs is 1. The summed E-state index contributed by atoms with van der Waals surface area (Å²) in [6, 6.07) is -0.414. The second-order valence-corrected chi connectivity index (χ2v) is 5.12. The maximum atomic E-state index is 10.1. The predicted molar refractivity (Wildman–Crippen MR) is 64.6 cm³/mol. The van der Waals surface area contributed by atoms with Gasteiger partial charge in [0.2, 0.25) is 0 Å². The smallest absolute Gasteiger partial charge is 0.0994 e. The first kappa shape index (κ1) is 13.0. The first-order valence-corrected chi connectivity index (χ1v) is 6.15. The molecule has 98 valence electrons. The molecule has 0 unspecified atom stereocenters. The van der Waals surface area contributed by atoms with Crippen molar-refractivity contribution < 1.29 is 15.3 Å². The van der Waals surface area contributed by atoms with Gasteiger partial charge in [-0.2, -0.15) is 0 Å². The normalized spacial score (nSPS) is 42.8. The van der Waals surface area contributed by atoms with Gasteiger partial charge in [0.25, 0.3) is 0 Å². The van der Waals surface area contributed by atoms with Gasteiger partial charge in [-0.1, -0.05) is 6.08 Å². The van der Waals surface area contributed by atoms with Crippen LogP contribution in [0.2, 0.25) is 0 Å². The van der Waals surface area contributed by atoms with Crippen LogP contribution < -0.4 is 0 Å². The molecule has 0 aromatic rings. The molecule has 0 amide bonds. The lowest BCUT2D eigenvalue weighted by atomic mass is 9.90. The first-order chi connectivity index (χ1) is 8.06. The monoisotopic (exact) mass is 242 g/mol. The van der Waals surface area contributed by atoms with Crippen LogP contribution in [0.1, 0.15) is 6.42 Å². The van der Waals surface area contributed by atoms with E-state index in [2.05, 4.69) is 11.5 Å². The van der Waals surface area contributed by atoms with Gasteiger partial charge in [-0.15, -0.1) is 6.58 Å². The standard InChI is InChI=1S/C12H22N2O3/c1-3-5-13(2)8-7-14-6-4-9(15)10(14)12(17)11(8)16/h3,8-12,15-17H,1,4-7H2,2H3/t8-,9-,10+,11+,12+/m0/s1. The number of aliphatic hydroxyl groups excluding tert-OH is 3. The predicted octanol–water partition coefficient (Wildman–Crippen LogP) is -1.36. The zero-order chi connectivity index (χ0) is 12.6. The van der Waals surface area contributed by atoms with Gasteiger partial charge in [0, 0.05) is 19.6 Å². The molecule has 0 bridgehead atoms. The molecule has 5 heteroatoms. The summed E-state index contributed by atoms with van der Waals surface area (Å²) in [6.45, 7) is 5.83. The third-order valence-corrected chi connectivity index (χ3v) is 4.03. The minimum absolute atomic E-state index is 0.107. The fraction of sp³-hybridized carbons (Fsp3) is 0.833. The number of likely N-dealkylation sites (N-methyl/N-ethyl adjacent to an activating group) is 1. The number of rotatable bonds is 3. The SMILES string of the molecule is C=CCN(C)[C@H]1CN2CC[C@H](O)[C@@H]2[C@@H](O)[C@@H]1O. The van der Waals surface area contributed by atoms with Crippen LogP contribution in [0.4, 0.5) is 0 Å². The van der Waals surface area contributed by atoms with Gasteiger partial charge >= 0.3 is 0 Å². The second-order valence-electron chi connectivity index (χ2n) is 5.12. The highest BCUT2D eigenvalue weighted by molar-refractivity contribution is 5.04. The fourth-order valence-corrected chi connectivity index (χ4v) is 3.03. The first-order valence-electron chi connectivity index (χ1n) is 6.15. The van der Waals surface area contributed by atoms with E-state index < -0.39 is 18.3 Å². The van der Waals surface area contributed by atoms with Crippen LogP contribution in [0, 0.1) is 0 Å². The highest BCUT2D eigenvalue weighted by atomic mass is 16.3. The van der Waals surface area contributed by atoms with E-state index in [4.69, 9.17) is 0 Å². The highest BCUT2D eigenvalue weighted by Gasteiger charge is 2.48. The van der Waals surface area contributed by atoms with Gasteiger partial charge in [0.05, 0.1) is 30.4 Å². The lowest BCUT2D eigenvalue weighted by molar-refractivity contribution is -0.120. The molecular formula is C12H22N2O3. The Balaban J connectivity index is 2.10. The molecule has 0 spiro atoms. The maximum Gasteiger partial charge on any atom is 0.0994 e. The summed E-state index contributed by atoms with van der Waals surface area (Å²) in [5, 5.41) is 30.0. The lowest BCUT2D eigenvalue weighted by Crippen LogP contribution is -2.65. The van der Waals surface area contributed by atoms with E-state index in [-0.39, 0.29) is 12.1 Å². The summed E-state index contributed by atoms with van der Waals surface area (Å²) in [5.41, 5.74) is 0. The quantitative estimate of drug-likeness (QED) is 0.534. The average molecular weight is 242 g/mol. The Morgan fingerprint density at radius 2 is 2.06 bits per heavy atom. The molecule has 2 saturated heterocycles. The Kier molecular flexibility index (Phi) is 3.85. The molecule has 2 aliphatic heterocycles. The van der Waals surface area contributed by atoms with Crippen molar-refractivity contribution in [3.63, 3.8) is 0 Å². The largest absolute Gasteiger partial charge is 0.391 e. The van der Waals surface area contributed by atoms with Crippen molar-refractivity contribution in [3.8, 4) is 0 Å². The Morgan fingerprint density at radius 3 is 2.71 bits per heavy atom. The van der Waals surface area contributed by atoms with E-state index in [0.29, 0.717) is 19.5 Å². The van der Waals surface area contributed by atoms with Gasteiger partial charge < -0.3 is 15.3 Å². The minimum Gasteiger partial charge on any atom is -0.391 e. The minimum atomic E-state index is -0.876. The maximum absolute atomic E-state index is 10.1. The van der Waals surface area contributed by atoms with Crippen LogP contribution in [-0.2, 0) is 0 Å². The number of aliphatic hydroxyl groups is 3. The van der Waals surface area contributed by atoms with Crippen LogP contribution >= 0.6 is 0 Å². The number of nitrogens with zero attached hydrogens (tertiary/aromatic N) is 2. The summed E-state index contributed by atoms with van der Waals surface area (Å²) in [7, 11) is 1.91. The van der Waals surface area contributed by atoms with Gasteiger partial charge in [-0.25, -0.2) is 0 Å². The van der Waals surface area contributed by atoms with Crippen LogP contribution in [0.15, 0.2) is 12.7 Å².